The van der Waals surface area contributed by atoms with Crippen LogP contribution in [0.5, 0.6) is 0 Å². The lowest BCUT2D eigenvalue weighted by Crippen LogP contribution is -2.24. The van der Waals surface area contributed by atoms with Crippen molar-refractivity contribution in [3.05, 3.63) is 59.1 Å². The normalized spacial score (nSPS) is 12.3. The monoisotopic (exact) mass is 324 g/mol. The van der Waals surface area contributed by atoms with Crippen LogP contribution in [0.4, 0.5) is 4.39 Å². The highest BCUT2D eigenvalue weighted by Gasteiger charge is 2.12. The Morgan fingerprint density at radius 1 is 1.29 bits per heavy atom. The number of aromatic nitrogens is 1. The van der Waals surface area contributed by atoms with Crippen LogP contribution in [0.3, 0.4) is 0 Å². The fourth-order valence-electron chi connectivity index (χ4n) is 1.92. The molecule has 1 N–H and O–H groups in total. The Balaban J connectivity index is 2.04. The minimum atomic E-state index is -0.299. The van der Waals surface area contributed by atoms with E-state index in [4.69, 9.17) is 11.6 Å². The van der Waals surface area contributed by atoms with Crippen molar-refractivity contribution in [1.29, 1.82) is 0 Å². The molecule has 1 aromatic carbocycles. The van der Waals surface area contributed by atoms with Crippen molar-refractivity contribution in [2.75, 3.05) is 12.3 Å². The predicted molar refractivity (Wildman–Crippen MR) is 87.4 cm³/mol. The largest absolute Gasteiger partial charge is 0.309 e. The molecule has 0 spiro atoms. The molecule has 0 saturated heterocycles. The second-order valence-corrected chi connectivity index (χ2v) is 6.24. The van der Waals surface area contributed by atoms with E-state index in [0.717, 1.165) is 34.2 Å². The average molecular weight is 325 g/mol. The van der Waals surface area contributed by atoms with Gasteiger partial charge in [-0.15, -0.1) is 11.8 Å². The maximum Gasteiger partial charge on any atom is 0.141 e. The topological polar surface area (TPSA) is 24.9 Å². The van der Waals surface area contributed by atoms with E-state index in [9.17, 15) is 4.39 Å². The summed E-state index contributed by atoms with van der Waals surface area (Å²) >= 11 is 7.60. The molecule has 2 nitrogen and oxygen atoms in total. The van der Waals surface area contributed by atoms with Crippen LogP contribution in [0, 0.1) is 5.82 Å². The molecular formula is C16H18ClFN2S. The van der Waals surface area contributed by atoms with Gasteiger partial charge in [-0.05, 0) is 48.9 Å². The molecule has 1 unspecified atom stereocenters. The number of nitrogens with zero attached hydrogens (tertiary/aromatic N) is 1. The highest BCUT2D eigenvalue weighted by Crippen LogP contribution is 2.26. The summed E-state index contributed by atoms with van der Waals surface area (Å²) in [5.74, 6) is 0.513. The van der Waals surface area contributed by atoms with Gasteiger partial charge in [-0.1, -0.05) is 18.5 Å². The van der Waals surface area contributed by atoms with Crippen LogP contribution in [0.25, 0.3) is 0 Å². The van der Waals surface area contributed by atoms with Crippen molar-refractivity contribution in [1.82, 2.24) is 10.3 Å². The molecule has 5 heteroatoms. The summed E-state index contributed by atoms with van der Waals surface area (Å²) in [4.78, 5) is 5.08. The quantitative estimate of drug-likeness (QED) is 0.747. The average Bonchev–Trinajstić information content (AvgIpc) is 2.49. The molecule has 0 saturated carbocycles. The summed E-state index contributed by atoms with van der Waals surface area (Å²) in [6.45, 7) is 3.00. The molecule has 2 rings (SSSR count). The Morgan fingerprint density at radius 2 is 2.05 bits per heavy atom. The number of halogens is 2. The Morgan fingerprint density at radius 3 is 2.71 bits per heavy atom. The first kappa shape index (κ1) is 16.3. The summed E-state index contributed by atoms with van der Waals surface area (Å²) in [6, 6.07) is 9.36. The third kappa shape index (κ3) is 5.30. The van der Waals surface area contributed by atoms with Gasteiger partial charge in [0, 0.05) is 27.9 Å². The second-order valence-electron chi connectivity index (χ2n) is 4.71. The van der Waals surface area contributed by atoms with Gasteiger partial charge in [0.15, 0.2) is 0 Å². The zero-order valence-electron chi connectivity index (χ0n) is 11.9. The molecule has 0 amide bonds. The van der Waals surface area contributed by atoms with Gasteiger partial charge in [0.1, 0.15) is 5.82 Å². The van der Waals surface area contributed by atoms with Crippen molar-refractivity contribution in [2.45, 2.75) is 24.3 Å². The number of rotatable bonds is 7. The van der Waals surface area contributed by atoms with Crippen molar-refractivity contribution in [2.24, 2.45) is 0 Å². The molecule has 1 atom stereocenters. The SMILES string of the molecule is CCCNC(CSc1ccc(Cl)cc1)c1cncc(F)c1. The third-order valence-electron chi connectivity index (χ3n) is 3.00. The van der Waals surface area contributed by atoms with Crippen LogP contribution in [0.15, 0.2) is 47.6 Å². The summed E-state index contributed by atoms with van der Waals surface area (Å²) in [5, 5.41) is 4.17. The maximum atomic E-state index is 13.3. The van der Waals surface area contributed by atoms with E-state index >= 15 is 0 Å². The van der Waals surface area contributed by atoms with E-state index in [1.807, 2.05) is 24.3 Å². The first-order valence-corrected chi connectivity index (χ1v) is 8.27. The minimum absolute atomic E-state index is 0.0776. The van der Waals surface area contributed by atoms with E-state index in [1.165, 1.54) is 6.20 Å². The minimum Gasteiger partial charge on any atom is -0.309 e. The molecular weight excluding hydrogens is 307 g/mol. The van der Waals surface area contributed by atoms with Gasteiger partial charge in [0.25, 0.3) is 0 Å². The van der Waals surface area contributed by atoms with E-state index in [-0.39, 0.29) is 11.9 Å². The number of pyridine rings is 1. The molecule has 2 aromatic rings. The van der Waals surface area contributed by atoms with Crippen LogP contribution in [-0.2, 0) is 0 Å². The van der Waals surface area contributed by atoms with Gasteiger partial charge < -0.3 is 5.32 Å². The van der Waals surface area contributed by atoms with E-state index in [2.05, 4.69) is 17.2 Å². The molecule has 0 aliphatic carbocycles. The first-order chi connectivity index (χ1) is 10.2. The van der Waals surface area contributed by atoms with Crippen LogP contribution in [0.2, 0.25) is 5.02 Å². The number of thioether (sulfide) groups is 1. The lowest BCUT2D eigenvalue weighted by molar-refractivity contribution is 0.564. The number of hydrogen-bond acceptors (Lipinski definition) is 3. The highest BCUT2D eigenvalue weighted by molar-refractivity contribution is 7.99. The standard InChI is InChI=1S/C16H18ClFN2S/c1-2-7-20-16(12-8-14(18)10-19-9-12)11-21-15-5-3-13(17)4-6-15/h3-6,8-10,16,20H,2,7,11H2,1H3. The van der Waals surface area contributed by atoms with E-state index in [0.29, 0.717) is 0 Å². The summed E-state index contributed by atoms with van der Waals surface area (Å²) < 4.78 is 13.3. The molecule has 0 aliphatic rings. The zero-order chi connectivity index (χ0) is 15.1. The van der Waals surface area contributed by atoms with Gasteiger partial charge in [-0.25, -0.2) is 4.39 Å². The second kappa shape index (κ2) is 8.37. The number of nitrogens with one attached hydrogen (secondary N) is 1. The van der Waals surface area contributed by atoms with Crippen LogP contribution in [-0.4, -0.2) is 17.3 Å². The molecule has 0 aliphatic heterocycles. The van der Waals surface area contributed by atoms with Crippen molar-refractivity contribution in [3.8, 4) is 0 Å². The van der Waals surface area contributed by atoms with E-state index < -0.39 is 0 Å². The lowest BCUT2D eigenvalue weighted by Gasteiger charge is -2.18. The molecule has 0 bridgehead atoms. The van der Waals surface area contributed by atoms with Gasteiger partial charge in [0.2, 0.25) is 0 Å². The summed E-state index contributed by atoms with van der Waals surface area (Å²) in [5.41, 5.74) is 0.880. The van der Waals surface area contributed by atoms with Crippen LogP contribution in [0.1, 0.15) is 24.9 Å². The zero-order valence-corrected chi connectivity index (χ0v) is 13.4. The Kier molecular flexibility index (Phi) is 6.49. The fourth-order valence-corrected chi connectivity index (χ4v) is 3.04. The first-order valence-electron chi connectivity index (χ1n) is 6.91. The Hall–Kier alpha value is -1.10. The molecule has 21 heavy (non-hydrogen) atoms. The van der Waals surface area contributed by atoms with Crippen molar-refractivity contribution < 1.29 is 4.39 Å². The highest BCUT2D eigenvalue weighted by atomic mass is 35.5. The number of hydrogen-bond donors (Lipinski definition) is 1. The van der Waals surface area contributed by atoms with E-state index in [1.54, 1.807) is 24.0 Å². The maximum absolute atomic E-state index is 13.3. The third-order valence-corrected chi connectivity index (χ3v) is 4.36. The van der Waals surface area contributed by atoms with Gasteiger partial charge in [-0.3, -0.25) is 4.98 Å². The van der Waals surface area contributed by atoms with Gasteiger partial charge >= 0.3 is 0 Å². The molecule has 0 radical (unpaired) electrons. The fraction of sp³-hybridized carbons (Fsp3) is 0.312. The molecule has 1 heterocycles. The van der Waals surface area contributed by atoms with Crippen LogP contribution < -0.4 is 5.32 Å². The van der Waals surface area contributed by atoms with Gasteiger partial charge in [0.05, 0.1) is 6.20 Å². The molecule has 0 fully saturated rings. The van der Waals surface area contributed by atoms with Crippen LogP contribution >= 0.6 is 23.4 Å². The Labute approximate surface area is 134 Å². The van der Waals surface area contributed by atoms with Gasteiger partial charge in [-0.2, -0.15) is 0 Å². The summed E-state index contributed by atoms with van der Waals surface area (Å²) in [6.07, 6.45) is 3.98. The Bertz CT molecular complexity index is 562. The number of benzene rings is 1. The molecule has 112 valence electrons. The predicted octanol–water partition coefficient (Wildman–Crippen LogP) is 4.71. The lowest BCUT2D eigenvalue weighted by atomic mass is 10.1. The van der Waals surface area contributed by atoms with Crippen molar-refractivity contribution in [3.63, 3.8) is 0 Å². The molecule has 1 aromatic heterocycles. The smallest absolute Gasteiger partial charge is 0.141 e. The van der Waals surface area contributed by atoms with Crippen molar-refractivity contribution >= 4 is 23.4 Å². The summed E-state index contributed by atoms with van der Waals surface area (Å²) in [7, 11) is 0.